The number of benzene rings is 2. The molecule has 0 unspecified atom stereocenters. The lowest BCUT2D eigenvalue weighted by Gasteiger charge is -2.13. The summed E-state index contributed by atoms with van der Waals surface area (Å²) in [6.45, 7) is 1.93. The van der Waals surface area contributed by atoms with Gasteiger partial charge in [0.25, 0.3) is 5.69 Å². The summed E-state index contributed by atoms with van der Waals surface area (Å²) in [5, 5.41) is 19.2. The van der Waals surface area contributed by atoms with Gasteiger partial charge in [-0.15, -0.1) is 0 Å². The minimum absolute atomic E-state index is 0.0331. The molecule has 132 valence electrons. The van der Waals surface area contributed by atoms with Gasteiger partial charge in [0.05, 0.1) is 9.82 Å². The number of nitrogens with zero attached hydrogens (tertiary/aromatic N) is 1. The third-order valence-corrected chi connectivity index (χ3v) is 4.20. The quantitative estimate of drug-likeness (QED) is 0.350. The molecule has 0 heterocycles. The maximum atomic E-state index is 11.3. The summed E-state index contributed by atoms with van der Waals surface area (Å²) >= 11 is 5.10. The van der Waals surface area contributed by atoms with Crippen molar-refractivity contribution in [2.24, 2.45) is 5.14 Å². The highest BCUT2D eigenvalue weighted by molar-refractivity contribution is 7.89. The Kier molecular flexibility index (Phi) is 5.51. The van der Waals surface area contributed by atoms with Gasteiger partial charge >= 0.3 is 0 Å². The van der Waals surface area contributed by atoms with Gasteiger partial charge in [0.1, 0.15) is 5.69 Å². The fraction of sp³-hybridized carbons (Fsp3) is 0.0714. The summed E-state index contributed by atoms with van der Waals surface area (Å²) in [5.74, 6) is 0. The number of hydrogen-bond acceptors (Lipinski definition) is 6. The van der Waals surface area contributed by atoms with E-state index in [0.717, 1.165) is 23.4 Å². The van der Waals surface area contributed by atoms with Crippen LogP contribution in [0.3, 0.4) is 0 Å². The van der Waals surface area contributed by atoms with Gasteiger partial charge in [0, 0.05) is 11.8 Å². The maximum absolute atomic E-state index is 11.3. The number of hydrogen-bond donors (Lipinski definition) is 4. The van der Waals surface area contributed by atoms with Crippen LogP contribution in [0.25, 0.3) is 0 Å². The monoisotopic (exact) mass is 381 g/mol. The SMILES string of the molecule is Cc1cccc(NC(=S)NNc2ccc(S(N)(=O)=O)cc2[N+](=O)[O-])c1. The van der Waals surface area contributed by atoms with Gasteiger partial charge in [-0.2, -0.15) is 0 Å². The molecule has 0 aliphatic rings. The van der Waals surface area contributed by atoms with E-state index in [0.29, 0.717) is 0 Å². The van der Waals surface area contributed by atoms with Crippen LogP contribution in [0, 0.1) is 17.0 Å². The number of nitro benzene ring substituents is 1. The normalized spacial score (nSPS) is 10.8. The predicted octanol–water partition coefficient (Wildman–Crippen LogP) is 1.86. The van der Waals surface area contributed by atoms with E-state index in [2.05, 4.69) is 16.2 Å². The summed E-state index contributed by atoms with van der Waals surface area (Å²) in [6.07, 6.45) is 0. The molecule has 5 N–H and O–H groups in total. The molecule has 0 atom stereocenters. The molecule has 0 aromatic heterocycles. The van der Waals surface area contributed by atoms with Crippen LogP contribution in [0.4, 0.5) is 17.1 Å². The minimum atomic E-state index is -4.04. The fourth-order valence-electron chi connectivity index (χ4n) is 1.95. The summed E-state index contributed by atoms with van der Waals surface area (Å²) in [7, 11) is -4.04. The average Bonchev–Trinajstić information content (AvgIpc) is 2.51. The highest BCUT2D eigenvalue weighted by atomic mass is 32.2. The lowest BCUT2D eigenvalue weighted by molar-refractivity contribution is -0.384. The second kappa shape index (κ2) is 7.42. The van der Waals surface area contributed by atoms with Crippen molar-refractivity contribution in [3.63, 3.8) is 0 Å². The van der Waals surface area contributed by atoms with Gasteiger partial charge in [0.2, 0.25) is 10.0 Å². The number of rotatable bonds is 5. The number of nitro groups is 1. The lowest BCUT2D eigenvalue weighted by atomic mass is 10.2. The molecule has 0 saturated heterocycles. The van der Waals surface area contributed by atoms with Crippen molar-refractivity contribution >= 4 is 44.4 Å². The fourth-order valence-corrected chi connectivity index (χ4v) is 2.66. The molecular weight excluding hydrogens is 366 g/mol. The molecule has 0 radical (unpaired) electrons. The average molecular weight is 381 g/mol. The molecule has 2 aromatic rings. The first-order valence-corrected chi connectivity index (χ1v) is 8.83. The third-order valence-electron chi connectivity index (χ3n) is 3.08. The molecular formula is C14H15N5O4S2. The number of aryl methyl sites for hydroxylation is 1. The second-order valence-electron chi connectivity index (χ2n) is 5.05. The molecule has 0 amide bonds. The largest absolute Gasteiger partial charge is 0.331 e. The van der Waals surface area contributed by atoms with Crippen LogP contribution in [-0.2, 0) is 10.0 Å². The topological polar surface area (TPSA) is 139 Å². The molecule has 2 aromatic carbocycles. The van der Waals surface area contributed by atoms with Crippen LogP contribution in [0.15, 0.2) is 47.4 Å². The van der Waals surface area contributed by atoms with Crippen LogP contribution in [0.5, 0.6) is 0 Å². The molecule has 0 fully saturated rings. The Bertz CT molecular complexity index is 931. The summed E-state index contributed by atoms with van der Waals surface area (Å²) < 4.78 is 22.6. The van der Waals surface area contributed by atoms with Gasteiger partial charge in [-0.25, -0.2) is 13.6 Å². The summed E-state index contributed by atoms with van der Waals surface area (Å²) in [6, 6.07) is 10.7. The number of primary sulfonamides is 1. The Morgan fingerprint density at radius 1 is 1.24 bits per heavy atom. The first-order chi connectivity index (χ1) is 11.7. The molecule has 0 spiro atoms. The van der Waals surface area contributed by atoms with Crippen molar-refractivity contribution in [1.82, 2.24) is 5.43 Å². The summed E-state index contributed by atoms with van der Waals surface area (Å²) in [5.41, 5.74) is 6.54. The van der Waals surface area contributed by atoms with E-state index < -0.39 is 20.6 Å². The van der Waals surface area contributed by atoms with Gasteiger partial charge in [-0.1, -0.05) is 12.1 Å². The van der Waals surface area contributed by atoms with Crippen molar-refractivity contribution in [3.8, 4) is 0 Å². The van der Waals surface area contributed by atoms with Crippen molar-refractivity contribution in [2.75, 3.05) is 10.7 Å². The van der Waals surface area contributed by atoms with E-state index in [1.807, 2.05) is 31.2 Å². The number of hydrazine groups is 1. The molecule has 2 rings (SSSR count). The Labute approximate surface area is 149 Å². The zero-order chi connectivity index (χ0) is 18.6. The van der Waals surface area contributed by atoms with E-state index >= 15 is 0 Å². The number of anilines is 2. The first-order valence-electron chi connectivity index (χ1n) is 6.88. The number of nitrogens with one attached hydrogen (secondary N) is 3. The molecule has 11 heteroatoms. The van der Waals surface area contributed by atoms with Gasteiger partial charge < -0.3 is 5.32 Å². The number of nitrogens with two attached hydrogens (primary N) is 1. The Morgan fingerprint density at radius 2 is 1.96 bits per heavy atom. The van der Waals surface area contributed by atoms with Crippen LogP contribution >= 0.6 is 12.2 Å². The maximum Gasteiger partial charge on any atom is 0.295 e. The smallest absolute Gasteiger partial charge is 0.295 e. The van der Waals surface area contributed by atoms with Crippen molar-refractivity contribution in [2.45, 2.75) is 11.8 Å². The molecule has 0 aliphatic heterocycles. The molecule has 25 heavy (non-hydrogen) atoms. The van der Waals surface area contributed by atoms with E-state index in [1.165, 1.54) is 6.07 Å². The van der Waals surface area contributed by atoms with Crippen LogP contribution in [0.2, 0.25) is 0 Å². The van der Waals surface area contributed by atoms with Crippen LogP contribution < -0.4 is 21.3 Å². The Hall–Kier alpha value is -2.76. The lowest BCUT2D eigenvalue weighted by Crippen LogP contribution is -2.33. The van der Waals surface area contributed by atoms with Gasteiger partial charge in [-0.05, 0) is 49.0 Å². The van der Waals surface area contributed by atoms with E-state index in [-0.39, 0.29) is 15.7 Å². The van der Waals surface area contributed by atoms with Gasteiger partial charge in [0.15, 0.2) is 5.11 Å². The van der Waals surface area contributed by atoms with E-state index in [1.54, 1.807) is 0 Å². The molecule has 9 nitrogen and oxygen atoms in total. The predicted molar refractivity (Wildman–Crippen MR) is 98.6 cm³/mol. The molecule has 0 saturated carbocycles. The third kappa shape index (κ3) is 5.11. The standard InChI is InChI=1S/C14H15N5O4S2/c1-9-3-2-4-10(7-9)16-14(24)18-17-12-6-5-11(25(15,22)23)8-13(12)19(20)21/h2-8,17H,1H3,(H2,15,22,23)(H2,16,18,24). The minimum Gasteiger partial charge on any atom is -0.331 e. The Morgan fingerprint density at radius 3 is 2.56 bits per heavy atom. The van der Waals surface area contributed by atoms with E-state index in [9.17, 15) is 18.5 Å². The van der Waals surface area contributed by atoms with Crippen LogP contribution in [0.1, 0.15) is 5.56 Å². The Balaban J connectivity index is 2.12. The summed E-state index contributed by atoms with van der Waals surface area (Å²) in [4.78, 5) is 10.0. The number of thiocarbonyl (C=S) groups is 1. The van der Waals surface area contributed by atoms with Crippen molar-refractivity contribution in [3.05, 3.63) is 58.1 Å². The molecule has 0 aliphatic carbocycles. The van der Waals surface area contributed by atoms with Crippen LogP contribution in [-0.4, -0.2) is 18.5 Å². The second-order valence-corrected chi connectivity index (χ2v) is 7.02. The van der Waals surface area contributed by atoms with Gasteiger partial charge in [-0.3, -0.25) is 21.0 Å². The highest BCUT2D eigenvalue weighted by Gasteiger charge is 2.19. The molecule has 0 bridgehead atoms. The van der Waals surface area contributed by atoms with E-state index in [4.69, 9.17) is 17.4 Å². The first kappa shape index (κ1) is 18.6. The zero-order valence-corrected chi connectivity index (χ0v) is 14.6. The van der Waals surface area contributed by atoms with Crippen molar-refractivity contribution < 1.29 is 13.3 Å². The van der Waals surface area contributed by atoms with Crippen molar-refractivity contribution in [1.29, 1.82) is 0 Å². The highest BCUT2D eigenvalue weighted by Crippen LogP contribution is 2.26. The number of sulfonamides is 1. The zero-order valence-electron chi connectivity index (χ0n) is 13.0.